The first-order chi connectivity index (χ1) is 6.79. The van der Waals surface area contributed by atoms with E-state index in [1.165, 1.54) is 0 Å². The number of hydrogen-bond acceptors (Lipinski definition) is 1. The van der Waals surface area contributed by atoms with Crippen LogP contribution in [0.25, 0.3) is 0 Å². The summed E-state index contributed by atoms with van der Waals surface area (Å²) in [6, 6.07) is 9.38. The Morgan fingerprint density at radius 2 is 1.93 bits per heavy atom. The molecule has 1 atom stereocenters. The van der Waals surface area contributed by atoms with Gasteiger partial charge >= 0.3 is 0 Å². The summed E-state index contributed by atoms with van der Waals surface area (Å²) in [6.07, 6.45) is 7.30. The molecule has 0 heterocycles. The topological polar surface area (TPSA) is 12.0 Å². The van der Waals surface area contributed by atoms with Gasteiger partial charge in [-0.1, -0.05) is 36.4 Å². The summed E-state index contributed by atoms with van der Waals surface area (Å²) in [7, 11) is 0. The van der Waals surface area contributed by atoms with Crippen molar-refractivity contribution in [1.29, 1.82) is 0 Å². The molecule has 0 saturated carbocycles. The van der Waals surface area contributed by atoms with Crippen molar-refractivity contribution < 1.29 is 4.39 Å². The van der Waals surface area contributed by atoms with Crippen LogP contribution in [0.1, 0.15) is 6.42 Å². The number of hydrogen-bond donors (Lipinski definition) is 1. The summed E-state index contributed by atoms with van der Waals surface area (Å²) in [5.41, 5.74) is 0.801. The number of benzene rings is 1. The van der Waals surface area contributed by atoms with E-state index in [4.69, 9.17) is 0 Å². The van der Waals surface area contributed by atoms with Crippen molar-refractivity contribution in [3.63, 3.8) is 0 Å². The number of para-hydroxylation sites is 1. The fourth-order valence-corrected chi connectivity index (χ4v) is 1.45. The Hall–Kier alpha value is -1.57. The molecule has 0 radical (unpaired) electrons. The van der Waals surface area contributed by atoms with Crippen LogP contribution in [0.5, 0.6) is 0 Å². The van der Waals surface area contributed by atoms with Gasteiger partial charge in [-0.2, -0.15) is 0 Å². The van der Waals surface area contributed by atoms with Crippen LogP contribution >= 0.6 is 0 Å². The summed E-state index contributed by atoms with van der Waals surface area (Å²) in [6.45, 7) is 0. The lowest BCUT2D eigenvalue weighted by atomic mass is 10.1. The molecular formula is C12H12FN. The van der Waals surface area contributed by atoms with Crippen molar-refractivity contribution >= 4 is 5.69 Å². The van der Waals surface area contributed by atoms with Gasteiger partial charge in [0.1, 0.15) is 0 Å². The minimum Gasteiger partial charge on any atom is -0.350 e. The first-order valence-corrected chi connectivity index (χ1v) is 4.65. The van der Waals surface area contributed by atoms with Gasteiger partial charge in [-0.15, -0.1) is 0 Å². The van der Waals surface area contributed by atoms with Crippen LogP contribution in [0.15, 0.2) is 54.6 Å². The lowest BCUT2D eigenvalue weighted by molar-refractivity contribution is 0.271. The number of halogens is 1. The van der Waals surface area contributed by atoms with E-state index in [-0.39, 0.29) is 0 Å². The van der Waals surface area contributed by atoms with Crippen LogP contribution < -0.4 is 5.32 Å². The zero-order chi connectivity index (χ0) is 9.86. The van der Waals surface area contributed by atoms with Gasteiger partial charge in [-0.25, -0.2) is 4.39 Å². The molecule has 1 N–H and O–H groups in total. The van der Waals surface area contributed by atoms with Gasteiger partial charge < -0.3 is 5.32 Å². The molecule has 0 saturated heterocycles. The molecule has 1 aromatic rings. The van der Waals surface area contributed by atoms with Crippen molar-refractivity contribution in [3.8, 4) is 0 Å². The molecule has 1 nitrogen and oxygen atoms in total. The van der Waals surface area contributed by atoms with E-state index in [1.807, 2.05) is 42.5 Å². The highest BCUT2D eigenvalue weighted by atomic mass is 19.1. The van der Waals surface area contributed by atoms with E-state index in [0.29, 0.717) is 6.42 Å². The molecule has 0 amide bonds. The Morgan fingerprint density at radius 3 is 2.57 bits per heavy atom. The maximum atomic E-state index is 14.0. The van der Waals surface area contributed by atoms with Gasteiger partial charge in [0.25, 0.3) is 0 Å². The average molecular weight is 189 g/mol. The quantitative estimate of drug-likeness (QED) is 0.704. The predicted octanol–water partition coefficient (Wildman–Crippen LogP) is 3.28. The molecule has 72 valence electrons. The molecule has 1 aliphatic carbocycles. The summed E-state index contributed by atoms with van der Waals surface area (Å²) >= 11 is 0. The van der Waals surface area contributed by atoms with Crippen LogP contribution in [0.2, 0.25) is 0 Å². The molecule has 0 bridgehead atoms. The first kappa shape index (κ1) is 9.00. The Bertz CT molecular complexity index is 356. The Balaban J connectivity index is 2.11. The SMILES string of the molecule is F[C@@]1(Nc2ccccc2)C=CC=CC1. The van der Waals surface area contributed by atoms with Crippen molar-refractivity contribution in [1.82, 2.24) is 0 Å². The van der Waals surface area contributed by atoms with Crippen molar-refractivity contribution in [3.05, 3.63) is 54.6 Å². The van der Waals surface area contributed by atoms with Gasteiger partial charge in [0.2, 0.25) is 5.79 Å². The number of alkyl halides is 1. The molecule has 2 heteroatoms. The highest BCUT2D eigenvalue weighted by Gasteiger charge is 2.25. The summed E-state index contributed by atoms with van der Waals surface area (Å²) < 4.78 is 14.0. The Kier molecular flexibility index (Phi) is 2.35. The monoisotopic (exact) mass is 189 g/mol. The third-order valence-electron chi connectivity index (χ3n) is 2.15. The first-order valence-electron chi connectivity index (χ1n) is 4.65. The van der Waals surface area contributed by atoms with Gasteiger partial charge in [0.05, 0.1) is 0 Å². The molecule has 1 aromatic carbocycles. The van der Waals surface area contributed by atoms with Crippen LogP contribution in [-0.4, -0.2) is 5.79 Å². The zero-order valence-electron chi connectivity index (χ0n) is 7.78. The number of anilines is 1. The lowest BCUT2D eigenvalue weighted by Gasteiger charge is -2.24. The zero-order valence-corrected chi connectivity index (χ0v) is 7.78. The maximum Gasteiger partial charge on any atom is 0.203 e. The van der Waals surface area contributed by atoms with E-state index in [2.05, 4.69) is 5.32 Å². The Morgan fingerprint density at radius 1 is 1.14 bits per heavy atom. The summed E-state index contributed by atoms with van der Waals surface area (Å²) in [4.78, 5) is 0. The number of allylic oxidation sites excluding steroid dienone is 2. The average Bonchev–Trinajstić information content (AvgIpc) is 2.19. The van der Waals surface area contributed by atoms with Crippen molar-refractivity contribution in [2.45, 2.75) is 12.2 Å². The molecule has 0 spiro atoms. The van der Waals surface area contributed by atoms with Crippen LogP contribution in [0.4, 0.5) is 10.1 Å². The van der Waals surface area contributed by atoms with Crippen LogP contribution in [-0.2, 0) is 0 Å². The minimum absolute atomic E-state index is 0.373. The number of rotatable bonds is 2. The molecule has 2 rings (SSSR count). The second-order valence-electron chi connectivity index (χ2n) is 3.34. The van der Waals surface area contributed by atoms with Gasteiger partial charge in [-0.05, 0) is 18.2 Å². The molecule has 1 aliphatic rings. The second-order valence-corrected chi connectivity index (χ2v) is 3.34. The number of nitrogens with one attached hydrogen (secondary N) is 1. The third-order valence-corrected chi connectivity index (χ3v) is 2.15. The van der Waals surface area contributed by atoms with Gasteiger partial charge in [0, 0.05) is 12.1 Å². The fraction of sp³-hybridized carbons (Fsp3) is 0.167. The third kappa shape index (κ3) is 2.02. The lowest BCUT2D eigenvalue weighted by Crippen LogP contribution is -2.30. The molecule has 0 unspecified atom stereocenters. The molecular weight excluding hydrogens is 177 g/mol. The van der Waals surface area contributed by atoms with Crippen LogP contribution in [0, 0.1) is 0 Å². The van der Waals surface area contributed by atoms with Crippen molar-refractivity contribution in [2.24, 2.45) is 0 Å². The smallest absolute Gasteiger partial charge is 0.203 e. The normalized spacial score (nSPS) is 24.9. The standard InChI is InChI=1S/C12H12FN/c13-12(9-5-2-6-10-12)14-11-7-3-1-4-8-11/h1-9,14H,10H2/t12-/m1/s1. The predicted molar refractivity (Wildman–Crippen MR) is 56.8 cm³/mol. The minimum atomic E-state index is -1.43. The van der Waals surface area contributed by atoms with E-state index >= 15 is 0 Å². The van der Waals surface area contributed by atoms with E-state index in [9.17, 15) is 4.39 Å². The largest absolute Gasteiger partial charge is 0.350 e. The van der Waals surface area contributed by atoms with Crippen LogP contribution in [0.3, 0.4) is 0 Å². The van der Waals surface area contributed by atoms with Gasteiger partial charge in [0.15, 0.2) is 0 Å². The second kappa shape index (κ2) is 3.66. The van der Waals surface area contributed by atoms with E-state index in [1.54, 1.807) is 12.2 Å². The summed E-state index contributed by atoms with van der Waals surface area (Å²) in [5.74, 6) is -1.43. The molecule has 0 aliphatic heterocycles. The molecule has 14 heavy (non-hydrogen) atoms. The van der Waals surface area contributed by atoms with E-state index in [0.717, 1.165) is 5.69 Å². The highest BCUT2D eigenvalue weighted by molar-refractivity contribution is 5.46. The molecule has 0 aromatic heterocycles. The maximum absolute atomic E-state index is 14.0. The highest BCUT2D eigenvalue weighted by Crippen LogP contribution is 2.24. The van der Waals surface area contributed by atoms with E-state index < -0.39 is 5.79 Å². The molecule has 0 fully saturated rings. The van der Waals surface area contributed by atoms with Crippen molar-refractivity contribution in [2.75, 3.05) is 5.32 Å². The summed E-state index contributed by atoms with van der Waals surface area (Å²) in [5, 5.41) is 2.85. The fourth-order valence-electron chi connectivity index (χ4n) is 1.45. The Labute approximate surface area is 83.0 Å². The van der Waals surface area contributed by atoms with Gasteiger partial charge in [-0.3, -0.25) is 0 Å².